The monoisotopic (exact) mass is 195 g/mol. The molecule has 0 saturated heterocycles. The van der Waals surface area contributed by atoms with Crippen LogP contribution in [0, 0.1) is 0 Å². The Labute approximate surface area is 82.0 Å². The minimum Gasteiger partial charge on any atom is -0.477 e. The summed E-state index contributed by atoms with van der Waals surface area (Å²) in [5, 5.41) is 11.7. The first-order valence-electron chi connectivity index (χ1n) is 4.37. The lowest BCUT2D eigenvalue weighted by Crippen LogP contribution is -2.09. The Bertz CT molecular complexity index is 297. The van der Waals surface area contributed by atoms with Crippen molar-refractivity contribution in [2.24, 2.45) is 5.73 Å². The standard InChI is InChI=1S/C9H13N3O2/c10-4-1-5-11-7-2-3-8(9(13)14)12-6-7/h2-3,6,11H,1,4-5,10H2,(H,13,14). The topological polar surface area (TPSA) is 88.2 Å². The molecule has 0 saturated carbocycles. The van der Waals surface area contributed by atoms with Gasteiger partial charge in [0.05, 0.1) is 11.9 Å². The van der Waals surface area contributed by atoms with Crippen LogP contribution in [-0.4, -0.2) is 29.1 Å². The number of nitrogens with two attached hydrogens (primary N) is 1. The van der Waals surface area contributed by atoms with Crippen LogP contribution in [0.3, 0.4) is 0 Å². The summed E-state index contributed by atoms with van der Waals surface area (Å²) in [5.74, 6) is -1.02. The zero-order valence-corrected chi connectivity index (χ0v) is 7.73. The molecule has 1 heterocycles. The van der Waals surface area contributed by atoms with Crippen molar-refractivity contribution < 1.29 is 9.90 Å². The normalized spacial score (nSPS) is 9.79. The molecule has 0 radical (unpaired) electrons. The fraction of sp³-hybridized carbons (Fsp3) is 0.333. The third-order valence-corrected chi connectivity index (χ3v) is 1.69. The van der Waals surface area contributed by atoms with E-state index in [-0.39, 0.29) is 5.69 Å². The highest BCUT2D eigenvalue weighted by Gasteiger charge is 2.02. The van der Waals surface area contributed by atoms with Crippen LogP contribution in [0.4, 0.5) is 5.69 Å². The number of rotatable bonds is 5. The maximum Gasteiger partial charge on any atom is 0.354 e. The van der Waals surface area contributed by atoms with Gasteiger partial charge in [0, 0.05) is 6.54 Å². The smallest absolute Gasteiger partial charge is 0.354 e. The molecule has 0 aliphatic heterocycles. The molecule has 1 aromatic heterocycles. The van der Waals surface area contributed by atoms with Gasteiger partial charge in [0.15, 0.2) is 0 Å². The number of carbonyl (C=O) groups is 1. The van der Waals surface area contributed by atoms with Crippen LogP contribution < -0.4 is 11.1 Å². The summed E-state index contributed by atoms with van der Waals surface area (Å²) in [4.78, 5) is 14.2. The average molecular weight is 195 g/mol. The summed E-state index contributed by atoms with van der Waals surface area (Å²) in [7, 11) is 0. The van der Waals surface area contributed by atoms with Gasteiger partial charge in [-0.3, -0.25) is 0 Å². The maximum atomic E-state index is 10.5. The largest absolute Gasteiger partial charge is 0.477 e. The second kappa shape index (κ2) is 5.18. The van der Waals surface area contributed by atoms with Crippen LogP contribution in [0.15, 0.2) is 18.3 Å². The van der Waals surface area contributed by atoms with E-state index >= 15 is 0 Å². The summed E-state index contributed by atoms with van der Waals surface area (Å²) >= 11 is 0. The molecule has 0 spiro atoms. The quantitative estimate of drug-likeness (QED) is 0.597. The number of aromatic carboxylic acids is 1. The predicted octanol–water partition coefficient (Wildman–Crippen LogP) is 0.540. The van der Waals surface area contributed by atoms with Gasteiger partial charge in [-0.25, -0.2) is 9.78 Å². The van der Waals surface area contributed by atoms with Crippen molar-refractivity contribution in [1.29, 1.82) is 0 Å². The molecule has 76 valence electrons. The molecular formula is C9H13N3O2. The third-order valence-electron chi connectivity index (χ3n) is 1.69. The Morgan fingerprint density at radius 1 is 1.57 bits per heavy atom. The van der Waals surface area contributed by atoms with Gasteiger partial charge >= 0.3 is 5.97 Å². The molecule has 4 N–H and O–H groups in total. The van der Waals surface area contributed by atoms with E-state index in [4.69, 9.17) is 10.8 Å². The highest BCUT2D eigenvalue weighted by Crippen LogP contribution is 2.05. The van der Waals surface area contributed by atoms with E-state index in [0.29, 0.717) is 6.54 Å². The van der Waals surface area contributed by atoms with E-state index in [9.17, 15) is 4.79 Å². The Morgan fingerprint density at radius 2 is 2.36 bits per heavy atom. The summed E-state index contributed by atoms with van der Waals surface area (Å²) in [6.07, 6.45) is 2.38. The van der Waals surface area contributed by atoms with Crippen molar-refractivity contribution >= 4 is 11.7 Å². The molecule has 0 aliphatic rings. The first kappa shape index (κ1) is 10.5. The van der Waals surface area contributed by atoms with Gasteiger partial charge in [-0.1, -0.05) is 0 Å². The van der Waals surface area contributed by atoms with E-state index in [2.05, 4.69) is 10.3 Å². The molecule has 0 fully saturated rings. The van der Waals surface area contributed by atoms with Crippen LogP contribution in [-0.2, 0) is 0 Å². The van der Waals surface area contributed by atoms with Crippen molar-refractivity contribution in [3.63, 3.8) is 0 Å². The van der Waals surface area contributed by atoms with Gasteiger partial charge in [0.25, 0.3) is 0 Å². The molecule has 0 amide bonds. The lowest BCUT2D eigenvalue weighted by molar-refractivity contribution is 0.0690. The molecule has 0 unspecified atom stereocenters. The van der Waals surface area contributed by atoms with Gasteiger partial charge in [0.2, 0.25) is 0 Å². The van der Waals surface area contributed by atoms with Crippen molar-refractivity contribution in [3.8, 4) is 0 Å². The van der Waals surface area contributed by atoms with Crippen LogP contribution in [0.2, 0.25) is 0 Å². The maximum absolute atomic E-state index is 10.5. The molecule has 5 nitrogen and oxygen atoms in total. The van der Waals surface area contributed by atoms with Gasteiger partial charge in [-0.15, -0.1) is 0 Å². The summed E-state index contributed by atoms with van der Waals surface area (Å²) < 4.78 is 0. The summed E-state index contributed by atoms with van der Waals surface area (Å²) in [6, 6.07) is 3.15. The average Bonchev–Trinajstić information content (AvgIpc) is 2.19. The zero-order valence-electron chi connectivity index (χ0n) is 7.73. The van der Waals surface area contributed by atoms with E-state index in [1.807, 2.05) is 0 Å². The molecule has 5 heteroatoms. The Balaban J connectivity index is 2.51. The molecular weight excluding hydrogens is 182 g/mol. The minimum absolute atomic E-state index is 0.0503. The van der Waals surface area contributed by atoms with Crippen molar-refractivity contribution in [2.45, 2.75) is 6.42 Å². The van der Waals surface area contributed by atoms with Gasteiger partial charge < -0.3 is 16.2 Å². The molecule has 0 aromatic carbocycles. The number of carboxylic acid groups (broad SMARTS) is 1. The molecule has 14 heavy (non-hydrogen) atoms. The number of carboxylic acids is 1. The van der Waals surface area contributed by atoms with Crippen LogP contribution >= 0.6 is 0 Å². The number of aromatic nitrogens is 1. The van der Waals surface area contributed by atoms with E-state index < -0.39 is 5.97 Å². The number of nitrogens with zero attached hydrogens (tertiary/aromatic N) is 1. The first-order chi connectivity index (χ1) is 6.74. The van der Waals surface area contributed by atoms with E-state index in [1.54, 1.807) is 6.07 Å². The molecule has 1 aromatic rings. The molecule has 0 bridgehead atoms. The van der Waals surface area contributed by atoms with Gasteiger partial charge in [0.1, 0.15) is 5.69 Å². The van der Waals surface area contributed by atoms with Gasteiger partial charge in [-0.2, -0.15) is 0 Å². The van der Waals surface area contributed by atoms with Crippen LogP contribution in [0.5, 0.6) is 0 Å². The van der Waals surface area contributed by atoms with Crippen LogP contribution in [0.1, 0.15) is 16.9 Å². The van der Waals surface area contributed by atoms with Crippen molar-refractivity contribution in [2.75, 3.05) is 18.4 Å². The highest BCUT2D eigenvalue weighted by molar-refractivity contribution is 5.85. The SMILES string of the molecule is NCCCNc1ccc(C(=O)O)nc1. The van der Waals surface area contributed by atoms with Gasteiger partial charge in [-0.05, 0) is 25.1 Å². The lowest BCUT2D eigenvalue weighted by Gasteiger charge is -2.04. The lowest BCUT2D eigenvalue weighted by atomic mass is 10.3. The number of nitrogens with one attached hydrogen (secondary N) is 1. The molecule has 1 rings (SSSR count). The van der Waals surface area contributed by atoms with E-state index in [1.165, 1.54) is 12.3 Å². The number of anilines is 1. The van der Waals surface area contributed by atoms with Crippen molar-refractivity contribution in [3.05, 3.63) is 24.0 Å². The predicted molar refractivity (Wildman–Crippen MR) is 53.4 cm³/mol. The Hall–Kier alpha value is -1.62. The molecule has 0 atom stereocenters. The minimum atomic E-state index is -1.02. The Kier molecular flexibility index (Phi) is 3.87. The first-order valence-corrected chi connectivity index (χ1v) is 4.37. The highest BCUT2D eigenvalue weighted by atomic mass is 16.4. The number of hydrogen-bond donors (Lipinski definition) is 3. The second-order valence-electron chi connectivity index (χ2n) is 2.81. The second-order valence-corrected chi connectivity index (χ2v) is 2.81. The fourth-order valence-electron chi connectivity index (χ4n) is 0.960. The molecule has 0 aliphatic carbocycles. The third kappa shape index (κ3) is 3.02. The summed E-state index contributed by atoms with van der Waals surface area (Å²) in [5.41, 5.74) is 6.18. The van der Waals surface area contributed by atoms with Crippen LogP contribution in [0.25, 0.3) is 0 Å². The van der Waals surface area contributed by atoms with E-state index in [0.717, 1.165) is 18.7 Å². The number of pyridine rings is 1. The number of hydrogen-bond acceptors (Lipinski definition) is 4. The van der Waals surface area contributed by atoms with Crippen molar-refractivity contribution in [1.82, 2.24) is 4.98 Å². The fourth-order valence-corrected chi connectivity index (χ4v) is 0.960. The summed E-state index contributed by atoms with van der Waals surface area (Å²) in [6.45, 7) is 1.40. The Morgan fingerprint density at radius 3 is 2.86 bits per heavy atom. The zero-order chi connectivity index (χ0) is 10.4.